The lowest BCUT2D eigenvalue weighted by Gasteiger charge is -2.24. The van der Waals surface area contributed by atoms with E-state index >= 15 is 0 Å². The van der Waals surface area contributed by atoms with E-state index in [1.807, 2.05) is 25.2 Å². The van der Waals surface area contributed by atoms with E-state index in [1.165, 1.54) is 0 Å². The summed E-state index contributed by atoms with van der Waals surface area (Å²) in [6.45, 7) is 0.660. The maximum Gasteiger partial charge on any atom is 0.151 e. The Morgan fingerprint density at radius 2 is 2.22 bits per heavy atom. The Labute approximate surface area is 116 Å². The number of halogens is 1. The highest BCUT2D eigenvalue weighted by Crippen LogP contribution is 2.26. The van der Waals surface area contributed by atoms with Crippen molar-refractivity contribution in [2.24, 2.45) is 0 Å². The molecule has 0 bridgehead atoms. The molecule has 1 saturated heterocycles. The van der Waals surface area contributed by atoms with Crippen LogP contribution in [0.2, 0.25) is 0 Å². The molecule has 4 nitrogen and oxygen atoms in total. The zero-order chi connectivity index (χ0) is 13.3. The first kappa shape index (κ1) is 13.8. The van der Waals surface area contributed by atoms with Crippen LogP contribution in [-0.2, 0) is 16.4 Å². The molecule has 0 aliphatic carbocycles. The molecule has 2 rings (SSSR count). The van der Waals surface area contributed by atoms with Crippen molar-refractivity contribution < 1.29 is 8.42 Å². The van der Waals surface area contributed by atoms with E-state index in [1.54, 1.807) is 0 Å². The monoisotopic (exact) mass is 332 g/mol. The maximum absolute atomic E-state index is 11.5. The van der Waals surface area contributed by atoms with Gasteiger partial charge in [-0.05, 0) is 25.6 Å². The van der Waals surface area contributed by atoms with Gasteiger partial charge in [-0.3, -0.25) is 4.90 Å². The number of nitrogens with zero attached hydrogens (tertiary/aromatic N) is 1. The fourth-order valence-electron chi connectivity index (χ4n) is 2.24. The van der Waals surface area contributed by atoms with Crippen LogP contribution in [0, 0.1) is 0 Å². The van der Waals surface area contributed by atoms with Crippen LogP contribution in [0.4, 0.5) is 5.69 Å². The third-order valence-corrected chi connectivity index (χ3v) is 5.89. The molecule has 18 heavy (non-hydrogen) atoms. The van der Waals surface area contributed by atoms with Gasteiger partial charge in [0.1, 0.15) is 0 Å². The molecule has 1 aliphatic rings. The molecule has 1 aliphatic heterocycles. The predicted octanol–water partition coefficient (Wildman–Crippen LogP) is 1.65. The average Bonchev–Trinajstić information content (AvgIpc) is 2.64. The normalized spacial score (nSPS) is 22.5. The molecule has 1 atom stereocenters. The summed E-state index contributed by atoms with van der Waals surface area (Å²) in [4.78, 5) is 2.07. The van der Waals surface area contributed by atoms with Crippen LogP contribution in [0.5, 0.6) is 0 Å². The van der Waals surface area contributed by atoms with Gasteiger partial charge >= 0.3 is 0 Å². The van der Waals surface area contributed by atoms with Gasteiger partial charge in [0.15, 0.2) is 9.84 Å². The lowest BCUT2D eigenvalue weighted by atomic mass is 10.1. The lowest BCUT2D eigenvalue weighted by molar-refractivity contribution is 0.254. The average molecular weight is 333 g/mol. The minimum absolute atomic E-state index is 0.0986. The van der Waals surface area contributed by atoms with Crippen LogP contribution < -0.4 is 5.73 Å². The van der Waals surface area contributed by atoms with Crippen molar-refractivity contribution in [1.82, 2.24) is 4.90 Å². The molecule has 2 N–H and O–H groups in total. The minimum atomic E-state index is -2.84. The number of hydrogen-bond acceptors (Lipinski definition) is 4. The summed E-state index contributed by atoms with van der Waals surface area (Å²) < 4.78 is 23.9. The largest absolute Gasteiger partial charge is 0.398 e. The molecule has 0 aromatic heterocycles. The number of nitrogen functional groups attached to an aromatic ring is 1. The van der Waals surface area contributed by atoms with E-state index in [0.29, 0.717) is 18.7 Å². The van der Waals surface area contributed by atoms with Gasteiger partial charge in [0.05, 0.1) is 11.5 Å². The summed E-state index contributed by atoms with van der Waals surface area (Å²) in [5.74, 6) is 0.557. The highest BCUT2D eigenvalue weighted by atomic mass is 79.9. The van der Waals surface area contributed by atoms with Crippen molar-refractivity contribution in [3.8, 4) is 0 Å². The van der Waals surface area contributed by atoms with Crippen LogP contribution in [0.15, 0.2) is 22.7 Å². The van der Waals surface area contributed by atoms with E-state index in [-0.39, 0.29) is 11.8 Å². The van der Waals surface area contributed by atoms with E-state index in [9.17, 15) is 8.42 Å². The second-order valence-corrected chi connectivity index (χ2v) is 7.86. The number of anilines is 1. The molecular formula is C12H17BrN2O2S. The van der Waals surface area contributed by atoms with Gasteiger partial charge in [0.2, 0.25) is 0 Å². The second kappa shape index (κ2) is 5.19. The van der Waals surface area contributed by atoms with Crippen molar-refractivity contribution in [3.63, 3.8) is 0 Å². The van der Waals surface area contributed by atoms with Gasteiger partial charge in [-0.25, -0.2) is 8.42 Å². The summed E-state index contributed by atoms with van der Waals surface area (Å²) in [5.41, 5.74) is 7.70. The van der Waals surface area contributed by atoms with Crippen molar-refractivity contribution in [3.05, 3.63) is 28.2 Å². The number of rotatable bonds is 3. The zero-order valence-corrected chi connectivity index (χ0v) is 12.7. The van der Waals surface area contributed by atoms with Crippen molar-refractivity contribution >= 4 is 31.5 Å². The van der Waals surface area contributed by atoms with E-state index < -0.39 is 9.84 Å². The number of benzene rings is 1. The molecule has 0 radical (unpaired) electrons. The molecule has 1 fully saturated rings. The first-order chi connectivity index (χ1) is 8.39. The first-order valence-corrected chi connectivity index (χ1v) is 8.44. The smallest absolute Gasteiger partial charge is 0.151 e. The van der Waals surface area contributed by atoms with Crippen LogP contribution >= 0.6 is 15.9 Å². The Kier molecular flexibility index (Phi) is 3.99. The van der Waals surface area contributed by atoms with Gasteiger partial charge in [-0.2, -0.15) is 0 Å². The summed E-state index contributed by atoms with van der Waals surface area (Å²) in [6.07, 6.45) is 0.711. The molecule has 0 saturated carbocycles. The molecule has 1 heterocycles. The number of sulfone groups is 1. The Morgan fingerprint density at radius 3 is 2.78 bits per heavy atom. The molecule has 100 valence electrons. The van der Waals surface area contributed by atoms with Crippen LogP contribution in [0.3, 0.4) is 0 Å². The third kappa shape index (κ3) is 3.05. The number of hydrogen-bond donors (Lipinski definition) is 1. The molecule has 1 aromatic carbocycles. The molecule has 0 spiro atoms. The fourth-order valence-corrected chi connectivity index (χ4v) is 4.56. The first-order valence-electron chi connectivity index (χ1n) is 5.82. The van der Waals surface area contributed by atoms with Gasteiger partial charge < -0.3 is 5.73 Å². The summed E-state index contributed by atoms with van der Waals surface area (Å²) in [5, 5.41) is 0. The Hall–Kier alpha value is -0.590. The highest BCUT2D eigenvalue weighted by molar-refractivity contribution is 9.10. The van der Waals surface area contributed by atoms with E-state index in [4.69, 9.17) is 5.73 Å². The van der Waals surface area contributed by atoms with E-state index in [0.717, 1.165) is 15.7 Å². The standard InChI is InChI=1S/C12H17BrN2O2S/c1-15(9-5-6-18(16,17)8-9)7-10-11(13)3-2-4-12(10)14/h2-4,9H,5-8,14H2,1H3. The second-order valence-electron chi connectivity index (χ2n) is 4.78. The SMILES string of the molecule is CN(Cc1c(N)cccc1Br)C1CCS(=O)(=O)C1. The fraction of sp³-hybridized carbons (Fsp3) is 0.500. The Bertz CT molecular complexity index is 525. The molecule has 1 aromatic rings. The van der Waals surface area contributed by atoms with Gasteiger partial charge in [0, 0.05) is 28.3 Å². The van der Waals surface area contributed by atoms with Crippen molar-refractivity contribution in [2.45, 2.75) is 19.0 Å². The molecular weight excluding hydrogens is 316 g/mol. The zero-order valence-electron chi connectivity index (χ0n) is 10.3. The Balaban J connectivity index is 2.10. The Morgan fingerprint density at radius 1 is 1.50 bits per heavy atom. The molecule has 0 amide bonds. The van der Waals surface area contributed by atoms with Gasteiger partial charge in [-0.1, -0.05) is 22.0 Å². The molecule has 1 unspecified atom stereocenters. The quantitative estimate of drug-likeness (QED) is 0.855. The van der Waals surface area contributed by atoms with Gasteiger partial charge in [0.25, 0.3) is 0 Å². The van der Waals surface area contributed by atoms with Crippen LogP contribution in [0.1, 0.15) is 12.0 Å². The van der Waals surface area contributed by atoms with Crippen LogP contribution in [0.25, 0.3) is 0 Å². The molecule has 6 heteroatoms. The number of nitrogens with two attached hydrogens (primary N) is 1. The van der Waals surface area contributed by atoms with Crippen LogP contribution in [-0.4, -0.2) is 37.9 Å². The maximum atomic E-state index is 11.5. The van der Waals surface area contributed by atoms with E-state index in [2.05, 4.69) is 20.8 Å². The lowest BCUT2D eigenvalue weighted by Crippen LogP contribution is -2.32. The van der Waals surface area contributed by atoms with Crippen molar-refractivity contribution in [2.75, 3.05) is 24.3 Å². The topological polar surface area (TPSA) is 63.4 Å². The highest BCUT2D eigenvalue weighted by Gasteiger charge is 2.30. The van der Waals surface area contributed by atoms with Crippen molar-refractivity contribution in [1.29, 1.82) is 0 Å². The van der Waals surface area contributed by atoms with Gasteiger partial charge in [-0.15, -0.1) is 0 Å². The summed E-state index contributed by atoms with van der Waals surface area (Å²) in [7, 11) is -0.889. The third-order valence-electron chi connectivity index (χ3n) is 3.39. The predicted molar refractivity (Wildman–Crippen MR) is 77.1 cm³/mol. The summed E-state index contributed by atoms with van der Waals surface area (Å²) >= 11 is 3.48. The minimum Gasteiger partial charge on any atom is -0.398 e. The summed E-state index contributed by atoms with van der Waals surface area (Å²) in [6, 6.07) is 5.80.